The zero-order valence-electron chi connectivity index (χ0n) is 19.9. The first-order chi connectivity index (χ1) is 16.9. The topological polar surface area (TPSA) is 156 Å². The number of Topliss-reactive ketones (excluding diaryl/α,β-unsaturated/α-hetero) is 1. The molecule has 1 fully saturated rings. The quantitative estimate of drug-likeness (QED) is 0.145. The van der Waals surface area contributed by atoms with Gasteiger partial charge in [-0.25, -0.2) is 4.98 Å². The SMILES string of the molecule is CN[C@H](Cc1ccccc1)C(=O)N1CCC[C@H]1C(=O)N[C@@H](CCCN=C(N)N)C(=O)c1nccs1. The molecule has 188 valence electrons. The van der Waals surface area contributed by atoms with Gasteiger partial charge in [-0.05, 0) is 44.7 Å². The molecule has 0 spiro atoms. The summed E-state index contributed by atoms with van der Waals surface area (Å²) >= 11 is 1.22. The van der Waals surface area contributed by atoms with Crippen LogP contribution < -0.4 is 22.1 Å². The number of nitrogens with two attached hydrogens (primary N) is 2. The van der Waals surface area contributed by atoms with Crippen molar-refractivity contribution in [1.29, 1.82) is 0 Å². The summed E-state index contributed by atoms with van der Waals surface area (Å²) in [5.41, 5.74) is 11.8. The molecule has 1 saturated heterocycles. The van der Waals surface area contributed by atoms with Gasteiger partial charge in [-0.15, -0.1) is 11.3 Å². The number of nitrogens with one attached hydrogen (secondary N) is 2. The van der Waals surface area contributed by atoms with Crippen molar-refractivity contribution < 1.29 is 14.4 Å². The number of thiazole rings is 1. The van der Waals surface area contributed by atoms with Crippen LogP contribution in [-0.2, 0) is 16.0 Å². The summed E-state index contributed by atoms with van der Waals surface area (Å²) in [6.07, 6.45) is 4.21. The lowest BCUT2D eigenvalue weighted by Gasteiger charge is -2.29. The molecular weight excluding hydrogens is 466 g/mol. The number of hydrogen-bond donors (Lipinski definition) is 4. The summed E-state index contributed by atoms with van der Waals surface area (Å²) in [6, 6.07) is 7.91. The molecule has 3 atom stereocenters. The number of aliphatic imine (C=N–C) groups is 1. The summed E-state index contributed by atoms with van der Waals surface area (Å²) in [6.45, 7) is 0.844. The van der Waals surface area contributed by atoms with Crippen LogP contribution in [0, 0.1) is 0 Å². The average Bonchev–Trinajstić information content (AvgIpc) is 3.56. The highest BCUT2D eigenvalue weighted by atomic mass is 32.1. The molecule has 1 aliphatic rings. The fourth-order valence-electron chi connectivity index (χ4n) is 4.20. The normalized spacial score (nSPS) is 16.9. The second kappa shape index (κ2) is 13.0. The molecule has 2 heterocycles. The van der Waals surface area contributed by atoms with Gasteiger partial charge in [0, 0.05) is 24.7 Å². The van der Waals surface area contributed by atoms with Gasteiger partial charge in [0.05, 0.1) is 12.1 Å². The highest BCUT2D eigenvalue weighted by Crippen LogP contribution is 2.21. The molecule has 10 nitrogen and oxygen atoms in total. The van der Waals surface area contributed by atoms with E-state index in [-0.39, 0.29) is 23.6 Å². The molecule has 3 rings (SSSR count). The second-order valence-corrected chi connectivity index (χ2v) is 9.33. The molecule has 2 amide bonds. The van der Waals surface area contributed by atoms with E-state index in [1.807, 2.05) is 30.3 Å². The fourth-order valence-corrected chi connectivity index (χ4v) is 4.83. The van der Waals surface area contributed by atoms with E-state index in [2.05, 4.69) is 20.6 Å². The van der Waals surface area contributed by atoms with Gasteiger partial charge in [0.1, 0.15) is 6.04 Å². The van der Waals surface area contributed by atoms with Crippen LogP contribution in [0.2, 0.25) is 0 Å². The highest BCUT2D eigenvalue weighted by molar-refractivity contribution is 7.11. The van der Waals surface area contributed by atoms with Crippen LogP contribution in [0.25, 0.3) is 0 Å². The maximum absolute atomic E-state index is 13.3. The molecule has 0 aliphatic carbocycles. The summed E-state index contributed by atoms with van der Waals surface area (Å²) in [5.74, 6) is -0.732. The number of nitrogens with zero attached hydrogens (tertiary/aromatic N) is 3. The van der Waals surface area contributed by atoms with Crippen molar-refractivity contribution in [1.82, 2.24) is 20.5 Å². The van der Waals surface area contributed by atoms with Crippen molar-refractivity contribution in [3.05, 3.63) is 52.5 Å². The van der Waals surface area contributed by atoms with Gasteiger partial charge in [-0.1, -0.05) is 30.3 Å². The maximum atomic E-state index is 13.3. The van der Waals surface area contributed by atoms with Crippen LogP contribution in [-0.4, -0.2) is 71.7 Å². The monoisotopic (exact) mass is 499 g/mol. The van der Waals surface area contributed by atoms with Gasteiger partial charge in [-0.2, -0.15) is 0 Å². The number of amides is 2. The predicted molar refractivity (Wildman–Crippen MR) is 136 cm³/mol. The Morgan fingerprint density at radius 2 is 2.00 bits per heavy atom. The first kappa shape index (κ1) is 26.3. The summed E-state index contributed by atoms with van der Waals surface area (Å²) in [5, 5.41) is 8.01. The average molecular weight is 500 g/mol. The number of ketones is 1. The Kier molecular flexibility index (Phi) is 9.74. The molecule has 0 unspecified atom stereocenters. The van der Waals surface area contributed by atoms with Crippen LogP contribution in [0.5, 0.6) is 0 Å². The van der Waals surface area contributed by atoms with E-state index < -0.39 is 18.1 Å². The van der Waals surface area contributed by atoms with Crippen LogP contribution in [0.15, 0.2) is 46.9 Å². The van der Waals surface area contributed by atoms with Crippen molar-refractivity contribution >= 4 is 34.9 Å². The number of hydrogen-bond acceptors (Lipinski definition) is 7. The zero-order valence-corrected chi connectivity index (χ0v) is 20.7. The largest absolute Gasteiger partial charge is 0.370 e. The Morgan fingerprint density at radius 1 is 1.23 bits per heavy atom. The number of carbonyl (C=O) groups is 3. The van der Waals surface area contributed by atoms with E-state index in [4.69, 9.17) is 11.5 Å². The number of likely N-dealkylation sites (N-methyl/N-ethyl adjacent to an activating group) is 1. The van der Waals surface area contributed by atoms with Gasteiger partial charge in [-0.3, -0.25) is 19.4 Å². The van der Waals surface area contributed by atoms with Crippen molar-refractivity contribution in [2.24, 2.45) is 16.5 Å². The van der Waals surface area contributed by atoms with Crippen LogP contribution in [0.4, 0.5) is 0 Å². The third kappa shape index (κ3) is 7.33. The van der Waals surface area contributed by atoms with E-state index in [1.165, 1.54) is 11.3 Å². The number of rotatable bonds is 12. The van der Waals surface area contributed by atoms with Crippen molar-refractivity contribution in [2.45, 2.75) is 50.2 Å². The van der Waals surface area contributed by atoms with Gasteiger partial charge >= 0.3 is 0 Å². The maximum Gasteiger partial charge on any atom is 0.243 e. The third-order valence-corrected chi connectivity index (χ3v) is 6.78. The van der Waals surface area contributed by atoms with Crippen molar-refractivity contribution in [3.8, 4) is 0 Å². The first-order valence-electron chi connectivity index (χ1n) is 11.7. The van der Waals surface area contributed by atoms with E-state index in [9.17, 15) is 14.4 Å². The zero-order chi connectivity index (χ0) is 25.2. The fraction of sp³-hybridized carbons (Fsp3) is 0.458. The molecular formula is C24H33N7O3S. The molecule has 2 aromatic rings. The van der Waals surface area contributed by atoms with Crippen LogP contribution in [0.1, 0.15) is 41.0 Å². The van der Waals surface area contributed by atoms with Crippen molar-refractivity contribution in [3.63, 3.8) is 0 Å². The number of aromatic nitrogens is 1. The van der Waals surface area contributed by atoms with E-state index in [0.717, 1.165) is 12.0 Å². The Balaban J connectivity index is 1.68. The Morgan fingerprint density at radius 3 is 2.66 bits per heavy atom. The van der Waals surface area contributed by atoms with Gasteiger partial charge < -0.3 is 27.0 Å². The molecule has 0 radical (unpaired) electrons. The van der Waals surface area contributed by atoms with Gasteiger partial charge in [0.2, 0.25) is 17.6 Å². The first-order valence-corrected chi connectivity index (χ1v) is 12.6. The molecule has 1 aromatic carbocycles. The minimum atomic E-state index is -0.773. The van der Waals surface area contributed by atoms with E-state index >= 15 is 0 Å². The summed E-state index contributed by atoms with van der Waals surface area (Å²) in [7, 11) is 1.75. The smallest absolute Gasteiger partial charge is 0.243 e. The number of benzene rings is 1. The summed E-state index contributed by atoms with van der Waals surface area (Å²) < 4.78 is 0. The van der Waals surface area contributed by atoms with Crippen LogP contribution >= 0.6 is 11.3 Å². The van der Waals surface area contributed by atoms with E-state index in [0.29, 0.717) is 43.8 Å². The number of likely N-dealkylation sites (tertiary alicyclic amines) is 1. The lowest BCUT2D eigenvalue weighted by molar-refractivity contribution is -0.140. The van der Waals surface area contributed by atoms with Crippen LogP contribution in [0.3, 0.4) is 0 Å². The molecule has 11 heteroatoms. The third-order valence-electron chi connectivity index (χ3n) is 5.99. The van der Waals surface area contributed by atoms with Gasteiger partial charge in [0.25, 0.3) is 0 Å². The number of guanidine groups is 1. The standard InChI is InChI=1S/C24H33N7O3S/c1-27-18(15-16-7-3-2-4-8-16)23(34)31-13-6-10-19(31)21(33)30-17(9-5-11-29-24(25)26)20(32)22-28-12-14-35-22/h2-4,7-8,12,14,17-19,27H,5-6,9-11,13,15H2,1H3,(H,30,33)(H4,25,26,29)/t17-,18+,19-/m0/s1. The molecule has 0 bridgehead atoms. The summed E-state index contributed by atoms with van der Waals surface area (Å²) in [4.78, 5) is 49.3. The molecule has 0 saturated carbocycles. The van der Waals surface area contributed by atoms with E-state index in [1.54, 1.807) is 23.5 Å². The molecule has 1 aliphatic heterocycles. The lowest BCUT2D eigenvalue weighted by Crippen LogP contribution is -2.54. The number of carbonyl (C=O) groups excluding carboxylic acids is 3. The predicted octanol–water partition coefficient (Wildman–Crippen LogP) is 0.686. The lowest BCUT2D eigenvalue weighted by atomic mass is 10.0. The molecule has 1 aromatic heterocycles. The second-order valence-electron chi connectivity index (χ2n) is 8.43. The minimum absolute atomic E-state index is 0.0217. The molecule has 35 heavy (non-hydrogen) atoms. The van der Waals surface area contributed by atoms with Crippen molar-refractivity contribution in [2.75, 3.05) is 20.1 Å². The minimum Gasteiger partial charge on any atom is -0.370 e. The Hall–Kier alpha value is -3.31. The Labute approximate surface area is 209 Å². The molecule has 6 N–H and O–H groups in total. The van der Waals surface area contributed by atoms with Gasteiger partial charge in [0.15, 0.2) is 11.0 Å². The highest BCUT2D eigenvalue weighted by Gasteiger charge is 2.38. The Bertz CT molecular complexity index is 1010.